The van der Waals surface area contributed by atoms with Crippen LogP contribution in [0.4, 0.5) is 0 Å². The van der Waals surface area contributed by atoms with Gasteiger partial charge >= 0.3 is 5.97 Å². The molecule has 3 nitrogen and oxygen atoms in total. The van der Waals surface area contributed by atoms with Crippen molar-refractivity contribution < 1.29 is 9.90 Å². The lowest BCUT2D eigenvalue weighted by Gasteiger charge is -2.41. The fourth-order valence-corrected chi connectivity index (χ4v) is 3.14. The number of piperidine rings is 1. The normalized spacial score (nSPS) is 20.4. The molecule has 1 aliphatic rings. The zero-order valence-corrected chi connectivity index (χ0v) is 13.4. The predicted molar refractivity (Wildman–Crippen MR) is 85.5 cm³/mol. The highest BCUT2D eigenvalue weighted by Gasteiger charge is 2.31. The van der Waals surface area contributed by atoms with Gasteiger partial charge in [-0.1, -0.05) is 39.3 Å². The summed E-state index contributed by atoms with van der Waals surface area (Å²) in [5, 5.41) is 8.94. The Balaban J connectivity index is 1.97. The Morgan fingerprint density at radius 3 is 2.57 bits per heavy atom. The Hall–Kier alpha value is -1.35. The van der Waals surface area contributed by atoms with E-state index in [-0.39, 0.29) is 0 Å². The van der Waals surface area contributed by atoms with Crippen molar-refractivity contribution in [3.05, 3.63) is 35.4 Å². The van der Waals surface area contributed by atoms with E-state index in [0.717, 1.165) is 25.6 Å². The minimum atomic E-state index is -0.857. The zero-order valence-electron chi connectivity index (χ0n) is 13.4. The molecule has 1 heterocycles. The highest BCUT2D eigenvalue weighted by molar-refractivity contribution is 5.87. The Labute approximate surface area is 128 Å². The van der Waals surface area contributed by atoms with Gasteiger partial charge in [-0.3, -0.25) is 4.90 Å². The summed E-state index contributed by atoms with van der Waals surface area (Å²) in [6.07, 6.45) is 3.81. The van der Waals surface area contributed by atoms with Crippen LogP contribution in [0.1, 0.15) is 56.0 Å². The third kappa shape index (κ3) is 4.07. The summed E-state index contributed by atoms with van der Waals surface area (Å²) < 4.78 is 0. The van der Waals surface area contributed by atoms with Crippen LogP contribution in [-0.4, -0.2) is 29.1 Å². The molecule has 2 rings (SSSR count). The fraction of sp³-hybridized carbons (Fsp3) is 0.611. The summed E-state index contributed by atoms with van der Waals surface area (Å²) in [7, 11) is 0. The zero-order chi connectivity index (χ0) is 15.5. The van der Waals surface area contributed by atoms with Crippen LogP contribution >= 0.6 is 0 Å². The molecule has 0 saturated carbocycles. The lowest BCUT2D eigenvalue weighted by atomic mass is 9.73. The molecule has 3 heteroatoms. The van der Waals surface area contributed by atoms with Gasteiger partial charge in [-0.2, -0.15) is 0 Å². The average molecular weight is 289 g/mol. The second-order valence-electron chi connectivity index (χ2n) is 6.92. The van der Waals surface area contributed by atoms with Crippen LogP contribution in [0.15, 0.2) is 24.3 Å². The molecule has 1 aromatic carbocycles. The van der Waals surface area contributed by atoms with E-state index in [1.165, 1.54) is 24.8 Å². The van der Waals surface area contributed by atoms with Gasteiger partial charge in [-0.15, -0.1) is 0 Å². The summed E-state index contributed by atoms with van der Waals surface area (Å²) in [5.74, 6) is -0.0983. The molecule has 1 fully saturated rings. The van der Waals surface area contributed by atoms with E-state index in [9.17, 15) is 4.79 Å². The average Bonchev–Trinajstić information content (AvgIpc) is 2.48. The second kappa shape index (κ2) is 6.61. The standard InChI is InChI=1S/C18H27NO2/c1-4-18(2,3)16-6-5-11-19(13-16)12-14-7-9-15(10-8-14)17(20)21/h7-10,16H,4-6,11-13H2,1-3H3,(H,20,21). The number of nitrogens with zero attached hydrogens (tertiary/aromatic N) is 1. The lowest BCUT2D eigenvalue weighted by molar-refractivity contribution is 0.0696. The highest BCUT2D eigenvalue weighted by atomic mass is 16.4. The highest BCUT2D eigenvalue weighted by Crippen LogP contribution is 2.36. The first-order chi connectivity index (χ1) is 9.92. The van der Waals surface area contributed by atoms with Crippen molar-refractivity contribution in [2.75, 3.05) is 13.1 Å². The Morgan fingerprint density at radius 2 is 2.00 bits per heavy atom. The maximum Gasteiger partial charge on any atom is 0.335 e. The summed E-state index contributed by atoms with van der Waals surface area (Å²) in [6.45, 7) is 10.3. The molecule has 0 amide bonds. The van der Waals surface area contributed by atoms with Crippen molar-refractivity contribution in [3.8, 4) is 0 Å². The molecule has 1 unspecified atom stereocenters. The first kappa shape index (κ1) is 16.0. The molecule has 116 valence electrons. The van der Waals surface area contributed by atoms with Crippen LogP contribution in [0, 0.1) is 11.3 Å². The SMILES string of the molecule is CCC(C)(C)C1CCCN(Cc2ccc(C(=O)O)cc2)C1. The molecular formula is C18H27NO2. The number of hydrogen-bond acceptors (Lipinski definition) is 2. The van der Waals surface area contributed by atoms with Crippen molar-refractivity contribution in [2.24, 2.45) is 11.3 Å². The first-order valence-corrected chi connectivity index (χ1v) is 7.97. The molecular weight excluding hydrogens is 262 g/mol. The van der Waals surface area contributed by atoms with Crippen LogP contribution in [0.5, 0.6) is 0 Å². The number of rotatable bonds is 5. The third-order valence-electron chi connectivity index (χ3n) is 5.13. The Kier molecular flexibility index (Phi) is 5.04. The van der Waals surface area contributed by atoms with Crippen LogP contribution in [0.25, 0.3) is 0 Å². The summed E-state index contributed by atoms with van der Waals surface area (Å²) in [4.78, 5) is 13.4. The van der Waals surface area contributed by atoms with Crippen LogP contribution in [0.3, 0.4) is 0 Å². The van der Waals surface area contributed by atoms with Crippen molar-refractivity contribution in [1.29, 1.82) is 0 Å². The summed E-state index contributed by atoms with van der Waals surface area (Å²) in [6, 6.07) is 7.29. The molecule has 21 heavy (non-hydrogen) atoms. The van der Waals surface area contributed by atoms with E-state index in [0.29, 0.717) is 11.0 Å². The smallest absolute Gasteiger partial charge is 0.335 e. The van der Waals surface area contributed by atoms with E-state index in [4.69, 9.17) is 5.11 Å². The molecule has 0 aliphatic carbocycles. The van der Waals surface area contributed by atoms with E-state index < -0.39 is 5.97 Å². The van der Waals surface area contributed by atoms with E-state index in [1.54, 1.807) is 12.1 Å². The summed E-state index contributed by atoms with van der Waals surface area (Å²) in [5.41, 5.74) is 1.98. The molecule has 1 aliphatic heterocycles. The maximum absolute atomic E-state index is 10.9. The minimum absolute atomic E-state index is 0.363. The number of benzene rings is 1. The van der Waals surface area contributed by atoms with Gasteiger partial charge in [0.25, 0.3) is 0 Å². The Bertz CT molecular complexity index is 478. The number of likely N-dealkylation sites (tertiary alicyclic amines) is 1. The van der Waals surface area contributed by atoms with Gasteiger partial charge in [-0.05, 0) is 48.4 Å². The number of carbonyl (C=O) groups is 1. The molecule has 1 saturated heterocycles. The number of carboxylic acid groups (broad SMARTS) is 1. The molecule has 0 radical (unpaired) electrons. The largest absolute Gasteiger partial charge is 0.478 e. The van der Waals surface area contributed by atoms with Crippen molar-refractivity contribution in [3.63, 3.8) is 0 Å². The third-order valence-corrected chi connectivity index (χ3v) is 5.13. The second-order valence-corrected chi connectivity index (χ2v) is 6.92. The van der Waals surface area contributed by atoms with Gasteiger partial charge in [0.15, 0.2) is 0 Å². The van der Waals surface area contributed by atoms with E-state index in [2.05, 4.69) is 25.7 Å². The molecule has 1 aromatic rings. The van der Waals surface area contributed by atoms with Crippen LogP contribution < -0.4 is 0 Å². The molecule has 1 atom stereocenters. The van der Waals surface area contributed by atoms with Gasteiger partial charge in [0.1, 0.15) is 0 Å². The summed E-state index contributed by atoms with van der Waals surface area (Å²) >= 11 is 0. The van der Waals surface area contributed by atoms with Gasteiger partial charge in [0.05, 0.1) is 5.56 Å². The maximum atomic E-state index is 10.9. The molecule has 0 aromatic heterocycles. The fourth-order valence-electron chi connectivity index (χ4n) is 3.14. The van der Waals surface area contributed by atoms with Gasteiger partial charge in [0, 0.05) is 13.1 Å². The lowest BCUT2D eigenvalue weighted by Crippen LogP contribution is -2.40. The predicted octanol–water partition coefficient (Wildman–Crippen LogP) is 4.03. The van der Waals surface area contributed by atoms with Crippen molar-refractivity contribution >= 4 is 5.97 Å². The molecule has 1 N–H and O–H groups in total. The molecule has 0 bridgehead atoms. The molecule has 0 spiro atoms. The quantitative estimate of drug-likeness (QED) is 0.889. The van der Waals surface area contributed by atoms with Crippen molar-refractivity contribution in [2.45, 2.75) is 46.6 Å². The van der Waals surface area contributed by atoms with Gasteiger partial charge in [-0.25, -0.2) is 4.79 Å². The van der Waals surface area contributed by atoms with Gasteiger partial charge < -0.3 is 5.11 Å². The van der Waals surface area contributed by atoms with Crippen LogP contribution in [0.2, 0.25) is 0 Å². The topological polar surface area (TPSA) is 40.5 Å². The van der Waals surface area contributed by atoms with Gasteiger partial charge in [0.2, 0.25) is 0 Å². The minimum Gasteiger partial charge on any atom is -0.478 e. The van der Waals surface area contributed by atoms with Crippen molar-refractivity contribution in [1.82, 2.24) is 4.90 Å². The first-order valence-electron chi connectivity index (χ1n) is 7.97. The number of carboxylic acids is 1. The van der Waals surface area contributed by atoms with Crippen LogP contribution in [-0.2, 0) is 6.54 Å². The Morgan fingerprint density at radius 1 is 1.33 bits per heavy atom. The van der Waals surface area contributed by atoms with E-state index in [1.807, 2.05) is 12.1 Å². The number of aromatic carboxylic acids is 1. The number of hydrogen-bond donors (Lipinski definition) is 1. The van der Waals surface area contributed by atoms with E-state index >= 15 is 0 Å². The monoisotopic (exact) mass is 289 g/mol.